The number of nitrogens with zero attached hydrogens (tertiary/aromatic N) is 1. The number of halogens is 1. The lowest BCUT2D eigenvalue weighted by Crippen LogP contribution is -2.35. The van der Waals surface area contributed by atoms with Crippen LogP contribution in [0.3, 0.4) is 0 Å². The fourth-order valence-corrected chi connectivity index (χ4v) is 3.20. The molecule has 1 aliphatic rings. The summed E-state index contributed by atoms with van der Waals surface area (Å²) in [6.07, 6.45) is 8.32. The summed E-state index contributed by atoms with van der Waals surface area (Å²) in [5, 5.41) is 0. The van der Waals surface area contributed by atoms with Gasteiger partial charge in [0.1, 0.15) is 0 Å². The molecule has 3 nitrogen and oxygen atoms in total. The third-order valence-corrected chi connectivity index (χ3v) is 4.66. The number of aromatic nitrogens is 1. The molecule has 0 aliphatic heterocycles. The topological polar surface area (TPSA) is 50.9 Å². The van der Waals surface area contributed by atoms with E-state index in [1.807, 2.05) is 12.3 Å². The minimum atomic E-state index is 0.191. The highest BCUT2D eigenvalue weighted by Gasteiger charge is 2.28. The van der Waals surface area contributed by atoms with E-state index in [1.54, 1.807) is 0 Å². The molecule has 1 aromatic heterocycles. The first kappa shape index (κ1) is 14.0. The Hall–Kier alpha value is -0.450. The van der Waals surface area contributed by atoms with E-state index in [0.29, 0.717) is 5.92 Å². The Morgan fingerprint density at radius 1 is 1.39 bits per heavy atom. The van der Waals surface area contributed by atoms with E-state index < -0.39 is 0 Å². The SMILES string of the molecule is CCC1CCC(C(NN)c2ccc(Br)cn2)CC1. The molecule has 1 atom stereocenters. The number of nitrogens with one attached hydrogen (secondary N) is 1. The molecule has 18 heavy (non-hydrogen) atoms. The lowest BCUT2D eigenvalue weighted by atomic mass is 9.77. The van der Waals surface area contributed by atoms with Gasteiger partial charge in [-0.25, -0.2) is 0 Å². The monoisotopic (exact) mass is 311 g/mol. The molecule has 4 heteroatoms. The van der Waals surface area contributed by atoms with Gasteiger partial charge in [0.25, 0.3) is 0 Å². The largest absolute Gasteiger partial charge is 0.271 e. The van der Waals surface area contributed by atoms with Crippen LogP contribution >= 0.6 is 15.9 Å². The second-order valence-electron chi connectivity index (χ2n) is 5.23. The summed E-state index contributed by atoms with van der Waals surface area (Å²) >= 11 is 3.42. The highest BCUT2D eigenvalue weighted by Crippen LogP contribution is 2.37. The van der Waals surface area contributed by atoms with E-state index in [0.717, 1.165) is 16.1 Å². The molecule has 1 heterocycles. The molecular formula is C14H22BrN3. The average Bonchev–Trinajstić information content (AvgIpc) is 2.42. The summed E-state index contributed by atoms with van der Waals surface area (Å²) in [6.45, 7) is 2.29. The molecule has 1 aromatic rings. The van der Waals surface area contributed by atoms with Crippen molar-refractivity contribution >= 4 is 15.9 Å². The summed E-state index contributed by atoms with van der Waals surface area (Å²) in [5.41, 5.74) is 4.02. The molecule has 100 valence electrons. The van der Waals surface area contributed by atoms with Crippen LogP contribution in [-0.4, -0.2) is 4.98 Å². The van der Waals surface area contributed by atoms with Crippen molar-refractivity contribution in [1.82, 2.24) is 10.4 Å². The van der Waals surface area contributed by atoms with Crippen molar-refractivity contribution < 1.29 is 0 Å². The van der Waals surface area contributed by atoms with E-state index in [1.165, 1.54) is 32.1 Å². The van der Waals surface area contributed by atoms with Crippen LogP contribution in [-0.2, 0) is 0 Å². The van der Waals surface area contributed by atoms with Gasteiger partial charge in [0.05, 0.1) is 11.7 Å². The van der Waals surface area contributed by atoms with Gasteiger partial charge < -0.3 is 0 Å². The normalized spacial score (nSPS) is 25.9. The van der Waals surface area contributed by atoms with E-state index in [4.69, 9.17) is 5.84 Å². The predicted octanol–water partition coefficient (Wildman–Crippen LogP) is 3.56. The maximum Gasteiger partial charge on any atom is 0.0660 e. The fourth-order valence-electron chi connectivity index (χ4n) is 2.96. The third-order valence-electron chi connectivity index (χ3n) is 4.19. The average molecular weight is 312 g/mol. The van der Waals surface area contributed by atoms with Crippen molar-refractivity contribution in [2.45, 2.75) is 45.1 Å². The van der Waals surface area contributed by atoms with Crippen LogP contribution in [0.15, 0.2) is 22.8 Å². The molecule has 0 aromatic carbocycles. The first-order valence-electron chi connectivity index (χ1n) is 6.82. The maximum atomic E-state index is 5.74. The molecule has 1 fully saturated rings. The Morgan fingerprint density at radius 3 is 2.61 bits per heavy atom. The summed E-state index contributed by atoms with van der Waals surface area (Å²) in [5.74, 6) is 7.27. The first-order valence-corrected chi connectivity index (χ1v) is 7.61. The standard InChI is InChI=1S/C14H22BrN3/c1-2-10-3-5-11(6-4-10)14(18-16)13-8-7-12(15)9-17-13/h7-11,14,18H,2-6,16H2,1H3. The molecule has 1 aliphatic carbocycles. The summed E-state index contributed by atoms with van der Waals surface area (Å²) < 4.78 is 1.01. The minimum absolute atomic E-state index is 0.191. The lowest BCUT2D eigenvalue weighted by Gasteiger charge is -2.33. The molecule has 1 saturated carbocycles. The van der Waals surface area contributed by atoms with Crippen molar-refractivity contribution in [2.75, 3.05) is 0 Å². The zero-order valence-corrected chi connectivity index (χ0v) is 12.5. The summed E-state index contributed by atoms with van der Waals surface area (Å²) in [6, 6.07) is 4.28. The van der Waals surface area contributed by atoms with Crippen LogP contribution in [0.4, 0.5) is 0 Å². The Balaban J connectivity index is 2.03. The van der Waals surface area contributed by atoms with E-state index >= 15 is 0 Å². The Morgan fingerprint density at radius 2 is 2.11 bits per heavy atom. The van der Waals surface area contributed by atoms with Gasteiger partial charge in [-0.05, 0) is 52.7 Å². The predicted molar refractivity (Wildman–Crippen MR) is 77.7 cm³/mol. The van der Waals surface area contributed by atoms with E-state index in [9.17, 15) is 0 Å². The molecule has 1 unspecified atom stereocenters. The van der Waals surface area contributed by atoms with Crippen molar-refractivity contribution in [2.24, 2.45) is 17.7 Å². The quantitative estimate of drug-likeness (QED) is 0.660. The highest BCUT2D eigenvalue weighted by atomic mass is 79.9. The smallest absolute Gasteiger partial charge is 0.0660 e. The molecule has 0 saturated heterocycles. The van der Waals surface area contributed by atoms with Gasteiger partial charge in [0, 0.05) is 10.7 Å². The fraction of sp³-hybridized carbons (Fsp3) is 0.643. The lowest BCUT2D eigenvalue weighted by molar-refractivity contribution is 0.217. The number of rotatable bonds is 4. The van der Waals surface area contributed by atoms with Crippen LogP contribution in [0.25, 0.3) is 0 Å². The Bertz CT molecular complexity index is 358. The van der Waals surface area contributed by atoms with Gasteiger partial charge >= 0.3 is 0 Å². The van der Waals surface area contributed by atoms with Crippen LogP contribution in [0.1, 0.15) is 50.8 Å². The molecule has 3 N–H and O–H groups in total. The van der Waals surface area contributed by atoms with Gasteiger partial charge in [0.15, 0.2) is 0 Å². The number of nitrogens with two attached hydrogens (primary N) is 1. The van der Waals surface area contributed by atoms with Gasteiger partial charge in [-0.2, -0.15) is 0 Å². The van der Waals surface area contributed by atoms with Crippen LogP contribution < -0.4 is 11.3 Å². The zero-order valence-electron chi connectivity index (χ0n) is 10.9. The summed E-state index contributed by atoms with van der Waals surface area (Å²) in [4.78, 5) is 4.47. The maximum absolute atomic E-state index is 5.74. The van der Waals surface area contributed by atoms with Crippen LogP contribution in [0.5, 0.6) is 0 Å². The van der Waals surface area contributed by atoms with E-state index in [2.05, 4.69) is 39.3 Å². The van der Waals surface area contributed by atoms with Crippen molar-refractivity contribution in [1.29, 1.82) is 0 Å². The van der Waals surface area contributed by atoms with Gasteiger partial charge in [-0.3, -0.25) is 16.3 Å². The number of pyridine rings is 1. The van der Waals surface area contributed by atoms with Crippen LogP contribution in [0, 0.1) is 11.8 Å². The van der Waals surface area contributed by atoms with Crippen molar-refractivity contribution in [3.63, 3.8) is 0 Å². The molecule has 2 rings (SSSR count). The molecular weight excluding hydrogens is 290 g/mol. The Kier molecular flexibility index (Phi) is 5.15. The first-order chi connectivity index (χ1) is 8.74. The number of hydrogen-bond acceptors (Lipinski definition) is 3. The third kappa shape index (κ3) is 3.31. The molecule has 0 bridgehead atoms. The van der Waals surface area contributed by atoms with Gasteiger partial charge in [0.2, 0.25) is 0 Å². The van der Waals surface area contributed by atoms with Crippen molar-refractivity contribution in [3.05, 3.63) is 28.5 Å². The highest BCUT2D eigenvalue weighted by molar-refractivity contribution is 9.10. The molecule has 0 spiro atoms. The number of hydrogen-bond donors (Lipinski definition) is 2. The second kappa shape index (κ2) is 6.64. The number of hydrazine groups is 1. The van der Waals surface area contributed by atoms with Gasteiger partial charge in [-0.15, -0.1) is 0 Å². The van der Waals surface area contributed by atoms with E-state index in [-0.39, 0.29) is 6.04 Å². The van der Waals surface area contributed by atoms with Crippen LogP contribution in [0.2, 0.25) is 0 Å². The summed E-state index contributed by atoms with van der Waals surface area (Å²) in [7, 11) is 0. The minimum Gasteiger partial charge on any atom is -0.271 e. The van der Waals surface area contributed by atoms with Gasteiger partial charge in [-0.1, -0.05) is 26.2 Å². The second-order valence-corrected chi connectivity index (χ2v) is 6.15. The molecule has 0 amide bonds. The van der Waals surface area contributed by atoms with Crippen molar-refractivity contribution in [3.8, 4) is 0 Å². The zero-order chi connectivity index (χ0) is 13.0. The molecule has 0 radical (unpaired) electrons. The Labute approximate surface area is 118 Å².